The van der Waals surface area contributed by atoms with E-state index >= 15 is 0 Å². The first-order valence-electron chi connectivity index (χ1n) is 13.1. The SMILES string of the molecule is CC1(c2c[nH]c3ccc(Nc4ncc(Br)c(NCc5ccccc5-c5ccccc5)n4)cc23)CCNCC1. The van der Waals surface area contributed by atoms with Crippen molar-refractivity contribution in [3.63, 3.8) is 0 Å². The molecule has 4 N–H and O–H groups in total. The fourth-order valence-electron chi connectivity index (χ4n) is 5.38. The van der Waals surface area contributed by atoms with Crippen molar-refractivity contribution in [1.82, 2.24) is 20.3 Å². The first-order valence-corrected chi connectivity index (χ1v) is 13.9. The van der Waals surface area contributed by atoms with Gasteiger partial charge in [0.1, 0.15) is 5.82 Å². The second kappa shape index (κ2) is 10.6. The molecule has 0 unspecified atom stereocenters. The Bertz CT molecular complexity index is 1560. The van der Waals surface area contributed by atoms with Crippen LogP contribution < -0.4 is 16.0 Å². The number of H-pyrrole nitrogens is 1. The molecule has 1 aliphatic heterocycles. The van der Waals surface area contributed by atoms with Crippen molar-refractivity contribution in [3.8, 4) is 11.1 Å². The van der Waals surface area contributed by atoms with Crippen molar-refractivity contribution in [2.24, 2.45) is 0 Å². The Hall–Kier alpha value is -3.68. The van der Waals surface area contributed by atoms with Gasteiger partial charge in [-0.05, 0) is 87.7 Å². The van der Waals surface area contributed by atoms with Crippen LogP contribution in [0, 0.1) is 0 Å². The number of rotatable bonds is 7. The van der Waals surface area contributed by atoms with Gasteiger partial charge in [0.15, 0.2) is 0 Å². The van der Waals surface area contributed by atoms with E-state index in [9.17, 15) is 0 Å². The number of aromatic nitrogens is 3. The van der Waals surface area contributed by atoms with Gasteiger partial charge in [-0.15, -0.1) is 0 Å². The number of fused-ring (bicyclic) bond motifs is 1. The van der Waals surface area contributed by atoms with E-state index in [4.69, 9.17) is 4.98 Å². The molecule has 0 atom stereocenters. The van der Waals surface area contributed by atoms with Crippen molar-refractivity contribution in [2.45, 2.75) is 31.7 Å². The molecule has 0 radical (unpaired) electrons. The fourth-order valence-corrected chi connectivity index (χ4v) is 5.71. The van der Waals surface area contributed by atoms with Crippen LogP contribution in [0.2, 0.25) is 0 Å². The summed E-state index contributed by atoms with van der Waals surface area (Å²) in [5, 5.41) is 11.7. The molecule has 1 saturated heterocycles. The molecule has 3 heterocycles. The monoisotopic (exact) mass is 566 g/mol. The van der Waals surface area contributed by atoms with Crippen LogP contribution >= 0.6 is 15.9 Å². The summed E-state index contributed by atoms with van der Waals surface area (Å²) < 4.78 is 0.822. The molecule has 0 spiro atoms. The third-order valence-electron chi connectivity index (χ3n) is 7.59. The van der Waals surface area contributed by atoms with Gasteiger partial charge >= 0.3 is 0 Å². The van der Waals surface area contributed by atoms with Crippen LogP contribution in [0.15, 0.2) is 89.7 Å². The van der Waals surface area contributed by atoms with Crippen molar-refractivity contribution < 1.29 is 0 Å². The first kappa shape index (κ1) is 24.6. The lowest BCUT2D eigenvalue weighted by Crippen LogP contribution is -2.37. The van der Waals surface area contributed by atoms with E-state index in [1.54, 1.807) is 6.20 Å². The average Bonchev–Trinajstić information content (AvgIpc) is 3.39. The van der Waals surface area contributed by atoms with Gasteiger partial charge in [0.05, 0.1) is 4.47 Å². The molecular weight excluding hydrogens is 536 g/mol. The van der Waals surface area contributed by atoms with Crippen LogP contribution in [0.5, 0.6) is 0 Å². The van der Waals surface area contributed by atoms with Crippen molar-refractivity contribution in [3.05, 3.63) is 101 Å². The highest BCUT2D eigenvalue weighted by Gasteiger charge is 2.31. The Morgan fingerprint density at radius 2 is 1.76 bits per heavy atom. The molecule has 2 aromatic heterocycles. The number of piperidine rings is 1. The number of aromatic amines is 1. The van der Waals surface area contributed by atoms with Crippen LogP contribution in [0.25, 0.3) is 22.0 Å². The summed E-state index contributed by atoms with van der Waals surface area (Å²) in [5.74, 6) is 1.30. The summed E-state index contributed by atoms with van der Waals surface area (Å²) in [5.41, 5.74) is 7.29. The summed E-state index contributed by atoms with van der Waals surface area (Å²) in [7, 11) is 0. The van der Waals surface area contributed by atoms with E-state index in [-0.39, 0.29) is 5.41 Å². The Labute approximate surface area is 231 Å². The van der Waals surface area contributed by atoms with Gasteiger partial charge in [0, 0.05) is 35.5 Å². The van der Waals surface area contributed by atoms with Crippen LogP contribution in [0.3, 0.4) is 0 Å². The summed E-state index contributed by atoms with van der Waals surface area (Å²) in [6.45, 7) is 5.13. The quantitative estimate of drug-likeness (QED) is 0.165. The van der Waals surface area contributed by atoms with E-state index in [2.05, 4.69) is 122 Å². The van der Waals surface area contributed by atoms with Gasteiger partial charge in [-0.25, -0.2) is 4.98 Å². The normalized spacial score (nSPS) is 14.9. The van der Waals surface area contributed by atoms with Crippen LogP contribution in [0.1, 0.15) is 30.9 Å². The third-order valence-corrected chi connectivity index (χ3v) is 8.17. The maximum Gasteiger partial charge on any atom is 0.229 e. The Balaban J connectivity index is 1.22. The maximum atomic E-state index is 4.78. The molecule has 38 heavy (non-hydrogen) atoms. The van der Waals surface area contributed by atoms with Crippen molar-refractivity contribution in [1.29, 1.82) is 0 Å². The molecular formula is C31H31BrN6. The van der Waals surface area contributed by atoms with Gasteiger partial charge in [-0.3, -0.25) is 0 Å². The topological polar surface area (TPSA) is 77.7 Å². The second-order valence-corrected chi connectivity index (χ2v) is 11.0. The van der Waals surface area contributed by atoms with Crippen LogP contribution in [-0.4, -0.2) is 28.0 Å². The van der Waals surface area contributed by atoms with E-state index < -0.39 is 0 Å². The lowest BCUT2D eigenvalue weighted by molar-refractivity contribution is 0.337. The lowest BCUT2D eigenvalue weighted by atomic mass is 9.75. The van der Waals surface area contributed by atoms with Gasteiger partial charge in [0.2, 0.25) is 5.95 Å². The van der Waals surface area contributed by atoms with Crippen molar-refractivity contribution in [2.75, 3.05) is 23.7 Å². The lowest BCUT2D eigenvalue weighted by Gasteiger charge is -2.34. The standard InChI is InChI=1S/C31H31BrN6/c1-31(13-15-33-16-14-31)26-19-34-28-12-11-23(17-25(26)28)37-30-36-20-27(32)29(38-30)35-18-22-9-5-6-10-24(22)21-7-3-2-4-8-21/h2-12,17,19-20,33-34H,13-16,18H2,1H3,(H2,35,36,37,38). The van der Waals surface area contributed by atoms with Gasteiger partial charge < -0.3 is 20.9 Å². The van der Waals surface area contributed by atoms with Crippen LogP contribution in [-0.2, 0) is 12.0 Å². The molecule has 0 saturated carbocycles. The molecule has 1 aliphatic rings. The minimum absolute atomic E-state index is 0.170. The van der Waals surface area contributed by atoms with E-state index in [0.29, 0.717) is 12.5 Å². The summed E-state index contributed by atoms with van der Waals surface area (Å²) in [6.07, 6.45) is 6.24. The van der Waals surface area contributed by atoms with Crippen molar-refractivity contribution >= 4 is 44.3 Å². The number of hydrogen-bond donors (Lipinski definition) is 4. The summed E-state index contributed by atoms with van der Waals surface area (Å²) in [6, 6.07) is 25.3. The molecule has 3 aromatic carbocycles. The zero-order valence-corrected chi connectivity index (χ0v) is 23.0. The zero-order chi connectivity index (χ0) is 26.0. The predicted octanol–water partition coefficient (Wildman–Crippen LogP) is 7.38. The van der Waals surface area contributed by atoms with E-state index in [1.165, 1.54) is 27.6 Å². The molecule has 5 aromatic rings. The Kier molecular flexibility index (Phi) is 6.87. The number of nitrogens with one attached hydrogen (secondary N) is 4. The average molecular weight is 568 g/mol. The van der Waals surface area contributed by atoms with Gasteiger partial charge in [-0.1, -0.05) is 61.5 Å². The summed E-state index contributed by atoms with van der Waals surface area (Å²) >= 11 is 3.62. The highest BCUT2D eigenvalue weighted by Crippen LogP contribution is 2.38. The zero-order valence-electron chi connectivity index (χ0n) is 21.4. The molecule has 192 valence electrons. The molecule has 0 amide bonds. The summed E-state index contributed by atoms with van der Waals surface area (Å²) in [4.78, 5) is 12.8. The maximum absolute atomic E-state index is 4.78. The number of nitrogens with zero attached hydrogens (tertiary/aromatic N) is 2. The molecule has 1 fully saturated rings. The minimum atomic E-state index is 0.170. The minimum Gasteiger partial charge on any atom is -0.365 e. The van der Waals surface area contributed by atoms with Gasteiger partial charge in [0.25, 0.3) is 0 Å². The molecule has 6 nitrogen and oxygen atoms in total. The fraction of sp³-hybridized carbons (Fsp3) is 0.226. The molecule has 0 bridgehead atoms. The molecule has 7 heteroatoms. The molecule has 6 rings (SSSR count). The van der Waals surface area contributed by atoms with Crippen LogP contribution in [0.4, 0.5) is 17.5 Å². The second-order valence-electron chi connectivity index (χ2n) is 10.2. The van der Waals surface area contributed by atoms with E-state index in [1.807, 2.05) is 6.07 Å². The smallest absolute Gasteiger partial charge is 0.229 e. The first-order chi connectivity index (χ1) is 18.6. The number of hydrogen-bond acceptors (Lipinski definition) is 5. The third kappa shape index (κ3) is 5.04. The predicted molar refractivity (Wildman–Crippen MR) is 160 cm³/mol. The highest BCUT2D eigenvalue weighted by molar-refractivity contribution is 9.10. The Morgan fingerprint density at radius 3 is 2.61 bits per heavy atom. The Morgan fingerprint density at radius 1 is 0.974 bits per heavy atom. The largest absolute Gasteiger partial charge is 0.365 e. The van der Waals surface area contributed by atoms with Gasteiger partial charge in [-0.2, -0.15) is 4.98 Å². The number of benzene rings is 3. The van der Waals surface area contributed by atoms with E-state index in [0.717, 1.165) is 47.4 Å². The highest BCUT2D eigenvalue weighted by atomic mass is 79.9. The molecule has 0 aliphatic carbocycles. The number of anilines is 3. The number of halogens is 1.